The second-order valence-electron chi connectivity index (χ2n) is 13.0. The van der Waals surface area contributed by atoms with Crippen LogP contribution in [0.15, 0.2) is 0 Å². The predicted molar refractivity (Wildman–Crippen MR) is 176 cm³/mol. The molecule has 15 atom stereocenters. The number of aliphatic carboxylic acids is 3. The summed E-state index contributed by atoms with van der Waals surface area (Å²) in [6, 6.07) is -5.48. The Hall–Kier alpha value is -5.54. The van der Waals surface area contributed by atoms with Gasteiger partial charge in [-0.1, -0.05) is 0 Å². The van der Waals surface area contributed by atoms with Crippen molar-refractivity contribution in [3.63, 3.8) is 0 Å². The summed E-state index contributed by atoms with van der Waals surface area (Å²) in [6.07, 6.45) is -25.7. The van der Waals surface area contributed by atoms with Crippen LogP contribution in [0.3, 0.4) is 0 Å². The molecule has 3 aliphatic heterocycles. The van der Waals surface area contributed by atoms with Crippen molar-refractivity contribution in [2.45, 2.75) is 140 Å². The van der Waals surface area contributed by atoms with Gasteiger partial charge in [-0.25, -0.2) is 14.4 Å². The van der Waals surface area contributed by atoms with E-state index in [1.807, 2.05) is 0 Å². The molecule has 0 aromatic carbocycles. The Kier molecular flexibility index (Phi) is 15.9. The molecule has 3 fully saturated rings. The van der Waals surface area contributed by atoms with Crippen LogP contribution in [0, 0.1) is 0 Å². The Morgan fingerprint density at radius 3 is 1.02 bits per heavy atom. The summed E-state index contributed by atoms with van der Waals surface area (Å²) < 4.78 is 49.3. The van der Waals surface area contributed by atoms with E-state index in [4.69, 9.17) is 42.6 Å². The second-order valence-corrected chi connectivity index (χ2v) is 13.0. The van der Waals surface area contributed by atoms with Crippen molar-refractivity contribution in [2.75, 3.05) is 0 Å². The number of nitrogens with one attached hydrogen (secondary N) is 3. The molecule has 0 saturated carbocycles. The third-order valence-electron chi connectivity index (χ3n) is 8.30. The van der Waals surface area contributed by atoms with Crippen molar-refractivity contribution in [2.24, 2.45) is 0 Å². The molecule has 0 bridgehead atoms. The van der Waals surface area contributed by atoms with Crippen LogP contribution in [0.4, 0.5) is 0 Å². The van der Waals surface area contributed by atoms with Crippen LogP contribution >= 0.6 is 0 Å². The number of carbonyl (C=O) groups is 10. The smallest absolute Gasteiger partial charge is 0.337 e. The summed E-state index contributed by atoms with van der Waals surface area (Å²) in [5, 5.41) is 48.0. The van der Waals surface area contributed by atoms with Gasteiger partial charge in [-0.3, -0.25) is 33.6 Å². The number of esters is 4. The highest BCUT2D eigenvalue weighted by atomic mass is 16.8. The van der Waals surface area contributed by atoms with Gasteiger partial charge in [-0.2, -0.15) is 0 Å². The zero-order chi connectivity index (χ0) is 43.9. The minimum atomic E-state index is -2.43. The highest BCUT2D eigenvalue weighted by Crippen LogP contribution is 2.36. The highest BCUT2D eigenvalue weighted by Gasteiger charge is 2.60. The minimum absolute atomic E-state index is 0.828. The van der Waals surface area contributed by atoms with Gasteiger partial charge >= 0.3 is 41.8 Å². The average Bonchev–Trinajstić information content (AvgIpc) is 3.06. The Morgan fingerprint density at radius 1 is 0.414 bits per heavy atom. The van der Waals surface area contributed by atoms with E-state index in [0.717, 1.165) is 48.5 Å². The Bertz CT molecular complexity index is 1640. The molecule has 0 radical (unpaired) electrons. The number of carboxylic acid groups (broad SMARTS) is 3. The van der Waals surface area contributed by atoms with Crippen LogP contribution in [-0.4, -0.2) is 172 Å². The fraction of sp³-hybridized carbons (Fsp3) is 0.688. The van der Waals surface area contributed by atoms with Gasteiger partial charge in [-0.05, 0) is 0 Å². The monoisotopic (exact) mass is 837 g/mol. The van der Waals surface area contributed by atoms with Crippen molar-refractivity contribution >= 4 is 59.5 Å². The third-order valence-corrected chi connectivity index (χ3v) is 8.30. The molecule has 7 N–H and O–H groups in total. The number of aliphatic hydroxyl groups excluding tert-OH is 1. The summed E-state index contributed by atoms with van der Waals surface area (Å²) in [5.74, 6) is -12.7. The van der Waals surface area contributed by atoms with Crippen molar-refractivity contribution < 1.29 is 111 Å². The van der Waals surface area contributed by atoms with Crippen molar-refractivity contribution in [3.05, 3.63) is 0 Å². The van der Waals surface area contributed by atoms with E-state index in [2.05, 4.69) is 16.0 Å². The first-order valence-corrected chi connectivity index (χ1v) is 17.1. The van der Waals surface area contributed by atoms with Crippen molar-refractivity contribution in [1.29, 1.82) is 0 Å². The molecule has 3 rings (SSSR count). The first kappa shape index (κ1) is 46.8. The molecular formula is C32H43N3O23. The largest absolute Gasteiger partial charge is 0.479 e. The molecule has 3 saturated heterocycles. The summed E-state index contributed by atoms with van der Waals surface area (Å²) in [7, 11) is 0. The topological polar surface area (TPSA) is 371 Å². The van der Waals surface area contributed by atoms with Gasteiger partial charge in [-0.15, -0.1) is 0 Å². The number of carboxylic acids is 3. The number of aliphatic hydroxyl groups is 1. The van der Waals surface area contributed by atoms with E-state index in [0.29, 0.717) is 0 Å². The van der Waals surface area contributed by atoms with Crippen LogP contribution < -0.4 is 16.0 Å². The van der Waals surface area contributed by atoms with Gasteiger partial charge in [0.05, 0.1) is 0 Å². The van der Waals surface area contributed by atoms with Crippen molar-refractivity contribution in [3.8, 4) is 0 Å². The minimum Gasteiger partial charge on any atom is -0.479 e. The fourth-order valence-electron chi connectivity index (χ4n) is 6.44. The maximum Gasteiger partial charge on any atom is 0.337 e. The predicted octanol–water partition coefficient (Wildman–Crippen LogP) is -4.58. The molecule has 26 nitrogen and oxygen atoms in total. The number of rotatable bonds is 14. The van der Waals surface area contributed by atoms with Crippen LogP contribution in [-0.2, 0) is 90.6 Å². The molecule has 324 valence electrons. The summed E-state index contributed by atoms with van der Waals surface area (Å²) in [6.45, 7) is 6.38. The van der Waals surface area contributed by atoms with Gasteiger partial charge < -0.3 is 79.0 Å². The Labute approximate surface area is 326 Å². The molecule has 0 aromatic rings. The normalized spacial score (nSPS) is 34.5. The Balaban J connectivity index is 2.23. The molecule has 58 heavy (non-hydrogen) atoms. The maximum absolute atomic E-state index is 12.9. The van der Waals surface area contributed by atoms with Crippen LogP contribution in [0.2, 0.25) is 0 Å². The Morgan fingerprint density at radius 2 is 0.690 bits per heavy atom. The summed E-state index contributed by atoms with van der Waals surface area (Å²) in [4.78, 5) is 124. The molecule has 0 aromatic heterocycles. The summed E-state index contributed by atoms with van der Waals surface area (Å²) in [5.41, 5.74) is 0. The number of hydrogen-bond acceptors (Lipinski definition) is 20. The third kappa shape index (κ3) is 11.8. The molecule has 0 unspecified atom stereocenters. The first-order chi connectivity index (χ1) is 26.9. The second kappa shape index (κ2) is 19.7. The number of carbonyl (C=O) groups excluding carboxylic acids is 7. The molecular weight excluding hydrogens is 794 g/mol. The number of hydrogen-bond donors (Lipinski definition) is 7. The van der Waals surface area contributed by atoms with E-state index in [9.17, 15) is 68.4 Å². The molecule has 0 aliphatic carbocycles. The fourth-order valence-corrected chi connectivity index (χ4v) is 6.44. The lowest BCUT2D eigenvalue weighted by molar-refractivity contribution is -0.342. The number of ether oxygens (including phenoxy) is 9. The van der Waals surface area contributed by atoms with Gasteiger partial charge in [0.25, 0.3) is 0 Å². The molecule has 26 heteroatoms. The van der Waals surface area contributed by atoms with E-state index in [-0.39, 0.29) is 0 Å². The quantitative estimate of drug-likeness (QED) is 0.0639. The van der Waals surface area contributed by atoms with Gasteiger partial charge in [0, 0.05) is 48.5 Å². The molecule has 3 amide bonds. The van der Waals surface area contributed by atoms with Crippen LogP contribution in [0.25, 0.3) is 0 Å². The van der Waals surface area contributed by atoms with Gasteiger partial charge in [0.1, 0.15) is 30.3 Å². The molecule has 0 spiro atoms. The lowest BCUT2D eigenvalue weighted by Crippen LogP contribution is -2.72. The zero-order valence-corrected chi connectivity index (χ0v) is 31.7. The standard InChI is InChI=1S/C32H43N3O23/c1-8(36)33-15-18(50-11(4)39)22(24(27(43)44)54-30(15)49)55-32-17(35-10(3)38)20(52-13(6)41)23(26(58-32)29(47)48)56-31-16(34-9(2)37)19(51-12(5)40)21(53-14(7)42)25(57-31)28(45)46/h15-26,30-32,49H,1-7H3,(H,33,36)(H,34,37)(H,35,38)(H,43,44)(H,45,46)(H,47,48)/t15-,16-,17-,18-,19-,20-,21-,22-,23-,24+,25+,26+,30+,31+,32+/m1/s1. The maximum atomic E-state index is 12.9. The summed E-state index contributed by atoms with van der Waals surface area (Å²) >= 11 is 0. The van der Waals surface area contributed by atoms with E-state index >= 15 is 0 Å². The molecule has 3 heterocycles. The van der Waals surface area contributed by atoms with Gasteiger partial charge in [0.2, 0.25) is 17.7 Å². The van der Waals surface area contributed by atoms with Crippen molar-refractivity contribution in [1.82, 2.24) is 16.0 Å². The average molecular weight is 838 g/mol. The lowest BCUT2D eigenvalue weighted by Gasteiger charge is -2.50. The highest BCUT2D eigenvalue weighted by molar-refractivity contribution is 5.78. The van der Waals surface area contributed by atoms with E-state index < -0.39 is 151 Å². The van der Waals surface area contributed by atoms with E-state index in [1.165, 1.54) is 0 Å². The van der Waals surface area contributed by atoms with Crippen LogP contribution in [0.5, 0.6) is 0 Å². The lowest BCUT2D eigenvalue weighted by atomic mass is 9.92. The first-order valence-electron chi connectivity index (χ1n) is 17.1. The zero-order valence-electron chi connectivity index (χ0n) is 31.7. The molecule has 3 aliphatic rings. The van der Waals surface area contributed by atoms with E-state index in [1.54, 1.807) is 0 Å². The number of amides is 3. The van der Waals surface area contributed by atoms with Crippen LogP contribution in [0.1, 0.15) is 48.5 Å². The SMILES string of the molecule is CC(=O)N[C@@H]1[C@@H](OC(C)=O)[C@@H](O[C@H]2O[C@H](C(=O)O)[C@H](O[C@H]3O[C@H](C(=O)O)[C@H](OC(C)=O)[C@H](OC(C)=O)[C@H]3NC(C)=O)[C@H](OC(C)=O)[C@H]2NC(C)=O)[C@@H](C(=O)O)O[C@@H]1O. The van der Waals surface area contributed by atoms with Gasteiger partial charge in [0.15, 0.2) is 61.6 Å².